The van der Waals surface area contributed by atoms with E-state index in [4.69, 9.17) is 37.0 Å². The molecule has 0 rings (SSSR count). The fourth-order valence-corrected chi connectivity index (χ4v) is 14.5. The lowest BCUT2D eigenvalue weighted by Crippen LogP contribution is -2.30. The first-order valence-electron chi connectivity index (χ1n) is 43.3. The lowest BCUT2D eigenvalue weighted by molar-refractivity contribution is -0.161. The molecule has 0 heterocycles. The summed E-state index contributed by atoms with van der Waals surface area (Å²) < 4.78 is 68.8. The van der Waals surface area contributed by atoms with Crippen LogP contribution in [0.4, 0.5) is 0 Å². The Kier molecular flexibility index (Phi) is 71.5. The maximum Gasteiger partial charge on any atom is 0.472 e. The molecular formula is C84H164O17P2. The van der Waals surface area contributed by atoms with Gasteiger partial charge in [0.25, 0.3) is 0 Å². The maximum atomic E-state index is 13.1. The van der Waals surface area contributed by atoms with Gasteiger partial charge in [-0.1, -0.05) is 383 Å². The minimum absolute atomic E-state index is 0.106. The fourth-order valence-electron chi connectivity index (χ4n) is 12.9. The van der Waals surface area contributed by atoms with Crippen LogP contribution in [0.25, 0.3) is 0 Å². The second kappa shape index (κ2) is 72.9. The summed E-state index contributed by atoms with van der Waals surface area (Å²) in [6.45, 7) is 14.3. The molecule has 19 heteroatoms. The number of carbonyl (C=O) groups excluding carboxylic acids is 4. The Morgan fingerprint density at radius 3 is 0.689 bits per heavy atom. The number of aliphatic hydroxyl groups is 1. The van der Waals surface area contributed by atoms with Gasteiger partial charge in [-0.25, -0.2) is 9.13 Å². The molecule has 0 saturated heterocycles. The zero-order valence-corrected chi connectivity index (χ0v) is 69.7. The zero-order valence-electron chi connectivity index (χ0n) is 68.0. The Morgan fingerprint density at radius 1 is 0.272 bits per heavy atom. The van der Waals surface area contributed by atoms with Crippen LogP contribution in [0.5, 0.6) is 0 Å². The Bertz CT molecular complexity index is 2010. The summed E-state index contributed by atoms with van der Waals surface area (Å²) in [6.07, 6.45) is 61.0. The van der Waals surface area contributed by atoms with Crippen molar-refractivity contribution in [1.29, 1.82) is 0 Å². The van der Waals surface area contributed by atoms with E-state index in [2.05, 4.69) is 55.4 Å². The quantitative estimate of drug-likeness (QED) is 0.0222. The number of aliphatic hydroxyl groups excluding tert-OH is 1. The summed E-state index contributed by atoms with van der Waals surface area (Å²) >= 11 is 0. The number of rotatable bonds is 81. The van der Waals surface area contributed by atoms with Crippen molar-refractivity contribution in [3.63, 3.8) is 0 Å². The number of hydrogen-bond acceptors (Lipinski definition) is 15. The van der Waals surface area contributed by atoms with Gasteiger partial charge in [0.15, 0.2) is 12.2 Å². The maximum absolute atomic E-state index is 13.1. The Morgan fingerprint density at radius 2 is 0.466 bits per heavy atom. The lowest BCUT2D eigenvalue weighted by Gasteiger charge is -2.21. The second-order valence-corrected chi connectivity index (χ2v) is 34.6. The SMILES string of the molecule is CCC(C)CCCCCCCCCCCCCCCCC(=O)OC[C@H](COP(=O)(O)OCC(O)COP(=O)(O)OC[C@@H](COC(=O)CCCCCCCCCC(C)C)OC(=O)CCCCCCCCCCCCCCCCC(C)C)OC(=O)CCCCCCCCCCCCCCCCC(C)CC. The van der Waals surface area contributed by atoms with Gasteiger partial charge in [-0.2, -0.15) is 0 Å². The number of phosphoric acid groups is 2. The van der Waals surface area contributed by atoms with Crippen LogP contribution in [0.2, 0.25) is 0 Å². The molecule has 0 bridgehead atoms. The molecule has 3 N–H and O–H groups in total. The normalized spacial score (nSPS) is 14.5. The second-order valence-electron chi connectivity index (χ2n) is 31.7. The molecule has 0 aliphatic heterocycles. The third-order valence-corrected chi connectivity index (χ3v) is 22.2. The Labute approximate surface area is 632 Å². The van der Waals surface area contributed by atoms with E-state index < -0.39 is 97.5 Å². The molecule has 0 fully saturated rings. The van der Waals surface area contributed by atoms with E-state index in [1.165, 1.54) is 231 Å². The Balaban J connectivity index is 5.25. The highest BCUT2D eigenvalue weighted by atomic mass is 31.2. The monoisotopic (exact) mass is 1510 g/mol. The van der Waals surface area contributed by atoms with Crippen molar-refractivity contribution in [2.24, 2.45) is 23.7 Å². The smallest absolute Gasteiger partial charge is 0.462 e. The van der Waals surface area contributed by atoms with Gasteiger partial charge >= 0.3 is 39.5 Å². The summed E-state index contributed by atoms with van der Waals surface area (Å²) in [5.74, 6) is 1.09. The van der Waals surface area contributed by atoms with Gasteiger partial charge in [0, 0.05) is 25.7 Å². The molecular weight excluding hydrogens is 1340 g/mol. The number of unbranched alkanes of at least 4 members (excludes halogenated alkanes) is 45. The molecule has 0 aliphatic carbocycles. The number of carbonyl (C=O) groups is 4. The molecule has 0 spiro atoms. The summed E-state index contributed by atoms with van der Waals surface area (Å²) in [6, 6.07) is 0. The number of ether oxygens (including phenoxy) is 4. The molecule has 0 aromatic rings. The first-order valence-corrected chi connectivity index (χ1v) is 46.3. The molecule has 7 atom stereocenters. The Hall–Kier alpha value is -1.94. The molecule has 0 aromatic carbocycles. The summed E-state index contributed by atoms with van der Waals surface area (Å²) in [5, 5.41) is 10.7. The summed E-state index contributed by atoms with van der Waals surface area (Å²) in [7, 11) is -9.93. The van der Waals surface area contributed by atoms with Crippen molar-refractivity contribution in [2.45, 2.75) is 453 Å². The lowest BCUT2D eigenvalue weighted by atomic mass is 9.99. The molecule has 103 heavy (non-hydrogen) atoms. The predicted molar refractivity (Wildman–Crippen MR) is 423 cm³/mol. The van der Waals surface area contributed by atoms with E-state index >= 15 is 0 Å². The predicted octanol–water partition coefficient (Wildman–Crippen LogP) is 25.2. The number of esters is 4. The molecule has 612 valence electrons. The van der Waals surface area contributed by atoms with Crippen molar-refractivity contribution in [1.82, 2.24) is 0 Å². The summed E-state index contributed by atoms with van der Waals surface area (Å²) in [4.78, 5) is 73.1. The van der Waals surface area contributed by atoms with Gasteiger partial charge in [0.2, 0.25) is 0 Å². The van der Waals surface area contributed by atoms with Crippen LogP contribution in [0, 0.1) is 23.7 Å². The largest absolute Gasteiger partial charge is 0.472 e. The van der Waals surface area contributed by atoms with E-state index in [0.717, 1.165) is 114 Å². The van der Waals surface area contributed by atoms with E-state index in [0.29, 0.717) is 31.6 Å². The van der Waals surface area contributed by atoms with E-state index in [9.17, 15) is 43.2 Å². The van der Waals surface area contributed by atoms with Crippen molar-refractivity contribution in [3.05, 3.63) is 0 Å². The van der Waals surface area contributed by atoms with E-state index in [1.54, 1.807) is 0 Å². The molecule has 0 aliphatic rings. The third-order valence-electron chi connectivity index (χ3n) is 20.3. The van der Waals surface area contributed by atoms with Crippen molar-refractivity contribution >= 4 is 39.5 Å². The highest BCUT2D eigenvalue weighted by Gasteiger charge is 2.30. The van der Waals surface area contributed by atoms with Crippen molar-refractivity contribution < 1.29 is 80.2 Å². The minimum Gasteiger partial charge on any atom is -0.462 e. The number of phosphoric ester groups is 2. The van der Waals surface area contributed by atoms with Gasteiger partial charge in [-0.05, 0) is 49.4 Å². The van der Waals surface area contributed by atoms with Crippen LogP contribution >= 0.6 is 15.6 Å². The van der Waals surface area contributed by atoms with Gasteiger partial charge in [0.05, 0.1) is 26.4 Å². The van der Waals surface area contributed by atoms with Crippen LogP contribution in [-0.2, 0) is 65.4 Å². The van der Waals surface area contributed by atoms with Gasteiger partial charge in [0.1, 0.15) is 19.3 Å². The third kappa shape index (κ3) is 75.3. The topological polar surface area (TPSA) is 237 Å². The van der Waals surface area contributed by atoms with Gasteiger partial charge in [-0.3, -0.25) is 37.3 Å². The standard InChI is InChI=1S/C84H164O17P2/c1-9-76(7)62-54-46-38-30-24-18-12-15-20-26-32-40-48-56-64-81(86)94-70-79(100-83(88)66-59-51-42-34-28-22-16-13-19-25-31-39-47-55-63-77(8)10-2)72-98-102(90,91)96-68-78(85)69-97-103(92,93)99-73-80(71-95-82(87)65-57-49-43-35-37-45-53-61-75(5)6)101-84(89)67-58-50-41-33-27-21-14-11-17-23-29-36-44-52-60-74(3)4/h74-80,85H,9-73H2,1-8H3,(H,90,91)(H,92,93)/t76?,77?,78?,79-,80-/m1/s1. The molecule has 0 amide bonds. The molecule has 5 unspecified atom stereocenters. The van der Waals surface area contributed by atoms with Crippen molar-refractivity contribution in [3.8, 4) is 0 Å². The van der Waals surface area contributed by atoms with Gasteiger partial charge in [-0.15, -0.1) is 0 Å². The van der Waals surface area contributed by atoms with Gasteiger partial charge < -0.3 is 33.8 Å². The molecule has 0 saturated carbocycles. The van der Waals surface area contributed by atoms with Crippen LogP contribution in [0.3, 0.4) is 0 Å². The first-order chi connectivity index (χ1) is 49.7. The van der Waals surface area contributed by atoms with Crippen LogP contribution in [0.15, 0.2) is 0 Å². The number of hydrogen-bond donors (Lipinski definition) is 3. The average Bonchev–Trinajstić information content (AvgIpc) is 0.939. The van der Waals surface area contributed by atoms with Crippen molar-refractivity contribution in [2.75, 3.05) is 39.6 Å². The van der Waals surface area contributed by atoms with Crippen LogP contribution in [0.1, 0.15) is 434 Å². The first kappa shape index (κ1) is 101. The minimum atomic E-state index is -4.97. The van der Waals surface area contributed by atoms with Crippen LogP contribution < -0.4 is 0 Å². The van der Waals surface area contributed by atoms with E-state index in [1.807, 2.05) is 0 Å². The highest BCUT2D eigenvalue weighted by molar-refractivity contribution is 7.47. The van der Waals surface area contributed by atoms with E-state index in [-0.39, 0.29) is 25.7 Å². The fraction of sp³-hybridized carbons (Fsp3) is 0.952. The highest BCUT2D eigenvalue weighted by Crippen LogP contribution is 2.45. The zero-order chi connectivity index (χ0) is 76.0. The average molecular weight is 1510 g/mol. The molecule has 0 radical (unpaired) electrons. The molecule has 0 aromatic heterocycles. The summed E-state index contributed by atoms with van der Waals surface area (Å²) in [5.41, 5.74) is 0. The van der Waals surface area contributed by atoms with Crippen LogP contribution in [-0.4, -0.2) is 96.7 Å². The molecule has 17 nitrogen and oxygen atoms in total.